The van der Waals surface area contributed by atoms with Gasteiger partial charge in [0.2, 0.25) is 0 Å². The van der Waals surface area contributed by atoms with E-state index in [-0.39, 0.29) is 5.57 Å². The number of carbonyl (C=O) groups is 1. The Balaban J connectivity index is 2.94. The molecule has 63 valence electrons. The number of ether oxygens (including phenoxy) is 1. The van der Waals surface area contributed by atoms with Gasteiger partial charge in [0.15, 0.2) is 7.28 Å². The average Bonchev–Trinajstić information content (AvgIpc) is 2.46. The SMILES string of the molecule is CCC1=C(OC)C(C(=O)O)=C[B]1. The zero-order valence-corrected chi connectivity index (χ0v) is 7.13. The molecule has 1 heterocycles. The highest BCUT2D eigenvalue weighted by Gasteiger charge is 2.22. The number of hydrogen-bond donors (Lipinski definition) is 1. The molecule has 0 bridgehead atoms. The van der Waals surface area contributed by atoms with Crippen LogP contribution in [0.2, 0.25) is 0 Å². The number of allylic oxidation sites excluding steroid dienone is 1. The Labute approximate surface area is 72.0 Å². The smallest absolute Gasteiger partial charge is 0.338 e. The van der Waals surface area contributed by atoms with Gasteiger partial charge in [-0.25, -0.2) is 4.79 Å². The van der Waals surface area contributed by atoms with Crippen LogP contribution < -0.4 is 0 Å². The molecule has 0 amide bonds. The molecule has 4 heteroatoms. The van der Waals surface area contributed by atoms with Crippen molar-refractivity contribution in [2.75, 3.05) is 7.11 Å². The quantitative estimate of drug-likeness (QED) is 0.633. The second-order valence-corrected chi connectivity index (χ2v) is 2.46. The van der Waals surface area contributed by atoms with Crippen LogP contribution in [0.3, 0.4) is 0 Å². The van der Waals surface area contributed by atoms with Gasteiger partial charge in [0.1, 0.15) is 5.76 Å². The molecule has 1 aliphatic heterocycles. The van der Waals surface area contributed by atoms with E-state index in [0.29, 0.717) is 5.76 Å². The molecule has 0 fully saturated rings. The summed E-state index contributed by atoms with van der Waals surface area (Å²) in [6, 6.07) is 0. The van der Waals surface area contributed by atoms with E-state index in [1.807, 2.05) is 6.92 Å². The highest BCUT2D eigenvalue weighted by atomic mass is 16.5. The Kier molecular flexibility index (Phi) is 2.58. The largest absolute Gasteiger partial charge is 0.497 e. The van der Waals surface area contributed by atoms with Gasteiger partial charge in [-0.3, -0.25) is 0 Å². The standard InChI is InChI=1S/C8H10BO3/c1-3-6-7(12-2)5(4-9-6)8(10)11/h4H,3H2,1-2H3,(H,10,11). The van der Waals surface area contributed by atoms with Gasteiger partial charge in [-0.1, -0.05) is 18.4 Å². The summed E-state index contributed by atoms with van der Waals surface area (Å²) in [5.41, 5.74) is 1.18. The molecule has 0 spiro atoms. The number of rotatable bonds is 3. The molecular weight excluding hydrogens is 155 g/mol. The number of carboxylic acids is 1. The third-order valence-corrected chi connectivity index (χ3v) is 1.80. The Morgan fingerprint density at radius 3 is 2.83 bits per heavy atom. The van der Waals surface area contributed by atoms with E-state index >= 15 is 0 Å². The van der Waals surface area contributed by atoms with Crippen molar-refractivity contribution in [1.29, 1.82) is 0 Å². The second-order valence-electron chi connectivity index (χ2n) is 2.46. The lowest BCUT2D eigenvalue weighted by Gasteiger charge is -2.05. The number of hydrogen-bond acceptors (Lipinski definition) is 2. The van der Waals surface area contributed by atoms with E-state index in [1.165, 1.54) is 7.11 Å². The third-order valence-electron chi connectivity index (χ3n) is 1.80. The van der Waals surface area contributed by atoms with Crippen molar-refractivity contribution in [2.45, 2.75) is 13.3 Å². The summed E-state index contributed by atoms with van der Waals surface area (Å²) in [4.78, 5) is 10.6. The third kappa shape index (κ3) is 1.37. The van der Waals surface area contributed by atoms with Gasteiger partial charge in [-0.15, -0.1) is 0 Å². The number of methoxy groups -OCH3 is 1. The predicted octanol–water partition coefficient (Wildman–Crippen LogP) is 0.941. The van der Waals surface area contributed by atoms with E-state index in [9.17, 15) is 4.79 Å². The molecule has 1 radical (unpaired) electrons. The second kappa shape index (κ2) is 3.47. The van der Waals surface area contributed by atoms with Crippen molar-refractivity contribution in [3.63, 3.8) is 0 Å². The van der Waals surface area contributed by atoms with Crippen LogP contribution >= 0.6 is 0 Å². The molecule has 0 unspecified atom stereocenters. The maximum absolute atomic E-state index is 10.6. The molecule has 3 nitrogen and oxygen atoms in total. The van der Waals surface area contributed by atoms with Crippen molar-refractivity contribution < 1.29 is 14.6 Å². The van der Waals surface area contributed by atoms with E-state index in [2.05, 4.69) is 0 Å². The zero-order chi connectivity index (χ0) is 9.14. The lowest BCUT2D eigenvalue weighted by atomic mass is 9.71. The molecule has 1 rings (SSSR count). The van der Waals surface area contributed by atoms with Crippen molar-refractivity contribution >= 4 is 13.2 Å². The fourth-order valence-corrected chi connectivity index (χ4v) is 1.20. The first-order chi connectivity index (χ1) is 5.70. The fraction of sp³-hybridized carbons (Fsp3) is 0.375. The van der Waals surface area contributed by atoms with Crippen LogP contribution in [0.15, 0.2) is 22.8 Å². The minimum atomic E-state index is -0.938. The first-order valence-electron chi connectivity index (χ1n) is 3.76. The summed E-state index contributed by atoms with van der Waals surface area (Å²) in [6.45, 7) is 1.96. The van der Waals surface area contributed by atoms with Crippen LogP contribution in [0.1, 0.15) is 13.3 Å². The van der Waals surface area contributed by atoms with Crippen LogP contribution in [-0.4, -0.2) is 25.5 Å². The van der Waals surface area contributed by atoms with Gasteiger partial charge in [0, 0.05) is 0 Å². The minimum absolute atomic E-state index is 0.245. The van der Waals surface area contributed by atoms with Crippen LogP contribution in [0.25, 0.3) is 0 Å². The average molecular weight is 165 g/mol. The van der Waals surface area contributed by atoms with E-state index in [4.69, 9.17) is 9.84 Å². The number of aliphatic carboxylic acids is 1. The highest BCUT2D eigenvalue weighted by molar-refractivity contribution is 6.54. The van der Waals surface area contributed by atoms with Crippen molar-refractivity contribution in [3.05, 3.63) is 22.8 Å². The summed E-state index contributed by atoms with van der Waals surface area (Å²) >= 11 is 0. The monoisotopic (exact) mass is 165 g/mol. The van der Waals surface area contributed by atoms with Gasteiger partial charge in [0.05, 0.1) is 12.7 Å². The van der Waals surface area contributed by atoms with Gasteiger partial charge in [0.25, 0.3) is 0 Å². The first kappa shape index (κ1) is 8.91. The summed E-state index contributed by atoms with van der Waals surface area (Å²) in [5, 5.41) is 8.73. The van der Waals surface area contributed by atoms with Gasteiger partial charge in [-0.05, 0) is 6.42 Å². The molecule has 0 aromatic carbocycles. The normalized spacial score (nSPS) is 15.7. The zero-order valence-electron chi connectivity index (χ0n) is 7.13. The first-order valence-corrected chi connectivity index (χ1v) is 3.76. The van der Waals surface area contributed by atoms with Crippen molar-refractivity contribution in [1.82, 2.24) is 0 Å². The molecule has 0 saturated carbocycles. The molecule has 1 aliphatic rings. The highest BCUT2D eigenvalue weighted by Crippen LogP contribution is 2.23. The molecule has 0 aliphatic carbocycles. The Hall–Kier alpha value is -1.19. The lowest BCUT2D eigenvalue weighted by Crippen LogP contribution is -2.03. The fourth-order valence-electron chi connectivity index (χ4n) is 1.20. The molecule has 0 saturated heterocycles. The molecular formula is C8H10BO3. The maximum atomic E-state index is 10.6. The van der Waals surface area contributed by atoms with E-state index in [0.717, 1.165) is 11.9 Å². The van der Waals surface area contributed by atoms with Gasteiger partial charge in [-0.2, -0.15) is 0 Å². The van der Waals surface area contributed by atoms with Crippen molar-refractivity contribution in [2.24, 2.45) is 0 Å². The van der Waals surface area contributed by atoms with E-state index in [1.54, 1.807) is 13.3 Å². The molecule has 12 heavy (non-hydrogen) atoms. The molecule has 0 aromatic rings. The van der Waals surface area contributed by atoms with E-state index < -0.39 is 5.97 Å². The maximum Gasteiger partial charge on any atom is 0.338 e. The van der Waals surface area contributed by atoms with Crippen molar-refractivity contribution in [3.8, 4) is 0 Å². The Morgan fingerprint density at radius 2 is 2.42 bits per heavy atom. The van der Waals surface area contributed by atoms with Gasteiger partial charge < -0.3 is 9.84 Å². The van der Waals surface area contributed by atoms with Crippen LogP contribution in [0, 0.1) is 0 Å². The van der Waals surface area contributed by atoms with Crippen LogP contribution in [0.5, 0.6) is 0 Å². The number of carboxylic acid groups (broad SMARTS) is 1. The Bertz CT molecular complexity index is 265. The summed E-state index contributed by atoms with van der Waals surface area (Å²) in [6.07, 6.45) is 0.788. The van der Waals surface area contributed by atoms with Gasteiger partial charge >= 0.3 is 5.97 Å². The predicted molar refractivity (Wildman–Crippen MR) is 45.8 cm³/mol. The van der Waals surface area contributed by atoms with Crippen LogP contribution in [0.4, 0.5) is 0 Å². The summed E-state index contributed by atoms with van der Waals surface area (Å²) in [5.74, 6) is 1.12. The molecule has 0 aromatic heterocycles. The minimum Gasteiger partial charge on any atom is -0.497 e. The lowest BCUT2D eigenvalue weighted by molar-refractivity contribution is -0.132. The molecule has 0 atom stereocenters. The summed E-state index contributed by atoms with van der Waals surface area (Å²) in [7, 11) is 3.27. The molecule has 1 N–H and O–H groups in total. The van der Waals surface area contributed by atoms with Crippen LogP contribution in [-0.2, 0) is 9.53 Å². The summed E-state index contributed by atoms with van der Waals surface area (Å²) < 4.78 is 4.99. The Morgan fingerprint density at radius 1 is 1.75 bits per heavy atom. The topological polar surface area (TPSA) is 46.5 Å².